The maximum atomic E-state index is 12.4. The van der Waals surface area contributed by atoms with E-state index in [-0.39, 0.29) is 11.5 Å². The van der Waals surface area contributed by atoms with Gasteiger partial charge in [0.05, 0.1) is 4.90 Å². The number of nitrogens with one attached hydrogen (secondary N) is 1. The van der Waals surface area contributed by atoms with E-state index in [4.69, 9.17) is 16.3 Å². The molecule has 0 aliphatic carbocycles. The van der Waals surface area contributed by atoms with Gasteiger partial charge in [-0.15, -0.1) is 0 Å². The summed E-state index contributed by atoms with van der Waals surface area (Å²) in [7, 11) is -0.679. The number of carbonyl (C=O) groups is 1. The van der Waals surface area contributed by atoms with Crippen molar-refractivity contribution in [1.82, 2.24) is 4.31 Å². The van der Waals surface area contributed by atoms with Crippen LogP contribution in [0, 0.1) is 13.8 Å². The quantitative estimate of drug-likeness (QED) is 0.813. The number of benzene rings is 2. The highest BCUT2D eigenvalue weighted by Crippen LogP contribution is 2.25. The van der Waals surface area contributed by atoms with Crippen LogP contribution in [-0.2, 0) is 14.8 Å². The van der Waals surface area contributed by atoms with Gasteiger partial charge < -0.3 is 10.1 Å². The predicted octanol–water partition coefficient (Wildman–Crippen LogP) is 3.22. The third-order valence-corrected chi connectivity index (χ3v) is 5.89. The molecule has 6 nitrogen and oxygen atoms in total. The smallest absolute Gasteiger partial charge is 0.262 e. The average molecular weight is 397 g/mol. The number of halogens is 1. The van der Waals surface area contributed by atoms with Crippen molar-refractivity contribution < 1.29 is 17.9 Å². The number of nitrogens with zero attached hydrogens (tertiary/aromatic N) is 1. The van der Waals surface area contributed by atoms with E-state index in [1.165, 1.54) is 20.2 Å². The molecule has 26 heavy (non-hydrogen) atoms. The molecule has 1 amide bonds. The molecule has 0 fully saturated rings. The van der Waals surface area contributed by atoms with Crippen molar-refractivity contribution in [1.29, 1.82) is 0 Å². The Morgan fingerprint density at radius 2 is 1.88 bits per heavy atom. The lowest BCUT2D eigenvalue weighted by Crippen LogP contribution is -2.24. The van der Waals surface area contributed by atoms with Crippen LogP contribution in [-0.4, -0.2) is 39.3 Å². The first-order valence-corrected chi connectivity index (χ1v) is 9.65. The number of hydrogen-bond acceptors (Lipinski definition) is 4. The zero-order chi connectivity index (χ0) is 19.5. The lowest BCUT2D eigenvalue weighted by atomic mass is 10.1. The van der Waals surface area contributed by atoms with Gasteiger partial charge in [0.2, 0.25) is 10.0 Å². The molecule has 0 spiro atoms. The van der Waals surface area contributed by atoms with Gasteiger partial charge in [0.1, 0.15) is 5.75 Å². The maximum absolute atomic E-state index is 12.4. The van der Waals surface area contributed by atoms with E-state index in [1.54, 1.807) is 37.3 Å². The van der Waals surface area contributed by atoms with Gasteiger partial charge in [-0.1, -0.05) is 17.7 Å². The van der Waals surface area contributed by atoms with Crippen molar-refractivity contribution in [2.24, 2.45) is 0 Å². The average Bonchev–Trinajstić information content (AvgIpc) is 2.56. The number of anilines is 1. The molecule has 0 radical (unpaired) electrons. The Hall–Kier alpha value is -2.09. The van der Waals surface area contributed by atoms with Gasteiger partial charge in [0.25, 0.3) is 5.91 Å². The van der Waals surface area contributed by atoms with Gasteiger partial charge in [-0.25, -0.2) is 12.7 Å². The Bertz CT molecular complexity index is 927. The summed E-state index contributed by atoms with van der Waals surface area (Å²) in [5.41, 5.74) is 1.99. The number of ether oxygens (including phenoxy) is 1. The van der Waals surface area contributed by atoms with Crippen LogP contribution in [0.15, 0.2) is 41.3 Å². The molecule has 2 aromatic carbocycles. The van der Waals surface area contributed by atoms with Crippen molar-refractivity contribution >= 4 is 33.2 Å². The Morgan fingerprint density at radius 1 is 1.19 bits per heavy atom. The summed E-state index contributed by atoms with van der Waals surface area (Å²) in [6.07, 6.45) is 0. The summed E-state index contributed by atoms with van der Waals surface area (Å²) < 4.78 is 31.2. The van der Waals surface area contributed by atoms with Crippen LogP contribution in [0.4, 0.5) is 5.69 Å². The maximum Gasteiger partial charge on any atom is 0.262 e. The van der Waals surface area contributed by atoms with Gasteiger partial charge in [0, 0.05) is 24.8 Å². The van der Waals surface area contributed by atoms with E-state index < -0.39 is 15.9 Å². The van der Waals surface area contributed by atoms with Crippen molar-refractivity contribution in [3.05, 3.63) is 52.5 Å². The lowest BCUT2D eigenvalue weighted by Gasteiger charge is -2.16. The third kappa shape index (κ3) is 4.75. The molecule has 2 aromatic rings. The topological polar surface area (TPSA) is 75.7 Å². The summed E-state index contributed by atoms with van der Waals surface area (Å²) in [4.78, 5) is 12.3. The van der Waals surface area contributed by atoms with Gasteiger partial charge in [0.15, 0.2) is 6.61 Å². The number of aryl methyl sites for hydroxylation is 1. The predicted molar refractivity (Wildman–Crippen MR) is 102 cm³/mol. The summed E-state index contributed by atoms with van der Waals surface area (Å²) in [5.74, 6) is 0.0800. The highest BCUT2D eigenvalue weighted by molar-refractivity contribution is 7.89. The van der Waals surface area contributed by atoms with E-state index in [0.29, 0.717) is 16.5 Å². The number of amides is 1. The number of sulfonamides is 1. The second kappa shape index (κ2) is 8.07. The molecule has 0 atom stereocenters. The van der Waals surface area contributed by atoms with Crippen LogP contribution in [0.5, 0.6) is 5.75 Å². The van der Waals surface area contributed by atoms with E-state index in [2.05, 4.69) is 5.32 Å². The normalized spacial score (nSPS) is 11.5. The first kappa shape index (κ1) is 20.2. The molecule has 0 aliphatic heterocycles. The van der Waals surface area contributed by atoms with E-state index in [9.17, 15) is 13.2 Å². The minimum Gasteiger partial charge on any atom is -0.484 e. The van der Waals surface area contributed by atoms with E-state index >= 15 is 0 Å². The molecule has 1 N–H and O–H groups in total. The highest BCUT2D eigenvalue weighted by atomic mass is 35.5. The number of rotatable bonds is 6. The van der Waals surface area contributed by atoms with Crippen LogP contribution in [0.3, 0.4) is 0 Å². The minimum atomic E-state index is -3.60. The van der Waals surface area contributed by atoms with Gasteiger partial charge >= 0.3 is 0 Å². The third-order valence-electron chi connectivity index (χ3n) is 3.86. The number of carbonyl (C=O) groups excluding carboxylic acids is 1. The highest BCUT2D eigenvalue weighted by Gasteiger charge is 2.20. The minimum absolute atomic E-state index is 0.122. The second-order valence-corrected chi connectivity index (χ2v) is 8.58. The van der Waals surface area contributed by atoms with Crippen LogP contribution < -0.4 is 10.1 Å². The molecule has 0 aliphatic rings. The molecule has 0 saturated heterocycles. The fourth-order valence-corrected chi connectivity index (χ4v) is 3.40. The second-order valence-electron chi connectivity index (χ2n) is 5.99. The Labute approximate surface area is 158 Å². The Balaban J connectivity index is 2.18. The van der Waals surface area contributed by atoms with Crippen LogP contribution in [0.25, 0.3) is 0 Å². The van der Waals surface area contributed by atoms with Crippen LogP contribution in [0.2, 0.25) is 5.02 Å². The molecule has 0 aromatic heterocycles. The van der Waals surface area contributed by atoms with Crippen LogP contribution in [0.1, 0.15) is 11.1 Å². The van der Waals surface area contributed by atoms with E-state index in [0.717, 1.165) is 15.4 Å². The fourth-order valence-electron chi connectivity index (χ4n) is 2.21. The SMILES string of the molecule is Cc1cc(S(=O)(=O)N(C)C)cc(NC(=O)COc2cccc(Cl)c2)c1C. The standard InChI is InChI=1S/C18H21ClN2O4S/c1-12-8-16(26(23,24)21(3)4)10-17(13(12)2)20-18(22)11-25-15-7-5-6-14(19)9-15/h5-10H,11H2,1-4H3,(H,20,22). The molecule has 0 heterocycles. The Kier molecular flexibility index (Phi) is 6.28. The number of hydrogen-bond donors (Lipinski definition) is 1. The molecule has 0 unspecified atom stereocenters. The van der Waals surface area contributed by atoms with E-state index in [1.807, 2.05) is 6.92 Å². The van der Waals surface area contributed by atoms with Crippen LogP contribution >= 0.6 is 11.6 Å². The summed E-state index contributed by atoms with van der Waals surface area (Å²) in [6, 6.07) is 9.76. The molecule has 2 rings (SSSR count). The largest absolute Gasteiger partial charge is 0.484 e. The fraction of sp³-hybridized carbons (Fsp3) is 0.278. The lowest BCUT2D eigenvalue weighted by molar-refractivity contribution is -0.118. The first-order chi connectivity index (χ1) is 12.1. The van der Waals surface area contributed by atoms with Crippen molar-refractivity contribution in [2.75, 3.05) is 26.0 Å². The van der Waals surface area contributed by atoms with Gasteiger partial charge in [-0.3, -0.25) is 4.79 Å². The molecular weight excluding hydrogens is 376 g/mol. The van der Waals surface area contributed by atoms with Crippen molar-refractivity contribution in [3.8, 4) is 5.75 Å². The molecular formula is C18H21ClN2O4S. The molecule has 0 saturated carbocycles. The summed E-state index contributed by atoms with van der Waals surface area (Å²) in [6.45, 7) is 3.39. The zero-order valence-electron chi connectivity index (χ0n) is 15.0. The monoisotopic (exact) mass is 396 g/mol. The summed E-state index contributed by atoms with van der Waals surface area (Å²) >= 11 is 5.87. The van der Waals surface area contributed by atoms with Crippen molar-refractivity contribution in [3.63, 3.8) is 0 Å². The first-order valence-electron chi connectivity index (χ1n) is 7.83. The van der Waals surface area contributed by atoms with Gasteiger partial charge in [-0.05, 0) is 55.3 Å². The Morgan fingerprint density at radius 3 is 2.50 bits per heavy atom. The zero-order valence-corrected chi connectivity index (χ0v) is 16.6. The molecule has 0 bridgehead atoms. The summed E-state index contributed by atoms with van der Waals surface area (Å²) in [5, 5.41) is 3.22. The molecule has 8 heteroatoms. The van der Waals surface area contributed by atoms with Crippen molar-refractivity contribution in [2.45, 2.75) is 18.7 Å². The van der Waals surface area contributed by atoms with Gasteiger partial charge in [-0.2, -0.15) is 0 Å². The molecule has 140 valence electrons.